The molecule has 0 aliphatic carbocycles. The quantitative estimate of drug-likeness (QED) is 0.924. The first-order chi connectivity index (χ1) is 9.13. The third-order valence-corrected chi connectivity index (χ3v) is 4.87. The van der Waals surface area contributed by atoms with Gasteiger partial charge in [0.15, 0.2) is 0 Å². The van der Waals surface area contributed by atoms with Crippen LogP contribution in [0.15, 0.2) is 22.7 Å². The van der Waals surface area contributed by atoms with E-state index >= 15 is 0 Å². The van der Waals surface area contributed by atoms with Crippen LogP contribution in [0.2, 0.25) is 0 Å². The summed E-state index contributed by atoms with van der Waals surface area (Å²) in [6.45, 7) is 4.84. The summed E-state index contributed by atoms with van der Waals surface area (Å²) < 4.78 is 6.65. The van der Waals surface area contributed by atoms with Crippen molar-refractivity contribution in [3.05, 3.63) is 33.8 Å². The van der Waals surface area contributed by atoms with Crippen LogP contribution in [-0.4, -0.2) is 37.2 Å². The SMILES string of the molecule is COC1CCN(Cc2ccc(C)c(Br)c2)C(CN)C1. The lowest BCUT2D eigenvalue weighted by Crippen LogP contribution is -2.47. The van der Waals surface area contributed by atoms with Gasteiger partial charge in [-0.25, -0.2) is 0 Å². The Labute approximate surface area is 124 Å². The first-order valence-electron chi connectivity index (χ1n) is 6.86. The lowest BCUT2D eigenvalue weighted by atomic mass is 9.98. The number of nitrogens with two attached hydrogens (primary N) is 1. The van der Waals surface area contributed by atoms with Gasteiger partial charge in [-0.1, -0.05) is 28.1 Å². The zero-order valence-electron chi connectivity index (χ0n) is 11.7. The number of benzene rings is 1. The highest BCUT2D eigenvalue weighted by Crippen LogP contribution is 2.23. The van der Waals surface area contributed by atoms with Crippen LogP contribution in [0.1, 0.15) is 24.0 Å². The van der Waals surface area contributed by atoms with E-state index in [1.54, 1.807) is 7.11 Å². The monoisotopic (exact) mass is 326 g/mol. The van der Waals surface area contributed by atoms with E-state index in [-0.39, 0.29) is 0 Å². The molecule has 2 unspecified atom stereocenters. The van der Waals surface area contributed by atoms with Crippen LogP contribution in [0.4, 0.5) is 0 Å². The molecule has 1 heterocycles. The number of piperidine rings is 1. The molecule has 4 heteroatoms. The highest BCUT2D eigenvalue weighted by atomic mass is 79.9. The van der Waals surface area contributed by atoms with Crippen molar-refractivity contribution in [3.63, 3.8) is 0 Å². The van der Waals surface area contributed by atoms with Gasteiger partial charge in [0.05, 0.1) is 6.10 Å². The molecule has 1 aromatic rings. The molecule has 0 radical (unpaired) electrons. The average molecular weight is 327 g/mol. The topological polar surface area (TPSA) is 38.5 Å². The first kappa shape index (κ1) is 15.0. The minimum atomic E-state index is 0.370. The number of methoxy groups -OCH3 is 1. The number of nitrogens with zero attached hydrogens (tertiary/aromatic N) is 1. The van der Waals surface area contributed by atoms with E-state index in [4.69, 9.17) is 10.5 Å². The molecular weight excluding hydrogens is 304 g/mol. The van der Waals surface area contributed by atoms with Gasteiger partial charge in [0.25, 0.3) is 0 Å². The van der Waals surface area contributed by atoms with Gasteiger partial charge in [-0.3, -0.25) is 4.90 Å². The van der Waals surface area contributed by atoms with Crippen LogP contribution in [0.25, 0.3) is 0 Å². The number of halogens is 1. The molecule has 106 valence electrons. The lowest BCUT2D eigenvalue weighted by molar-refractivity contribution is 0.0102. The number of hydrogen-bond donors (Lipinski definition) is 1. The Morgan fingerprint density at radius 2 is 2.26 bits per heavy atom. The highest BCUT2D eigenvalue weighted by molar-refractivity contribution is 9.10. The Bertz CT molecular complexity index is 425. The second-order valence-electron chi connectivity index (χ2n) is 5.33. The Morgan fingerprint density at radius 3 is 2.89 bits per heavy atom. The molecule has 0 amide bonds. The van der Waals surface area contributed by atoms with E-state index in [0.29, 0.717) is 18.7 Å². The Hall–Kier alpha value is -0.420. The third kappa shape index (κ3) is 3.78. The summed E-state index contributed by atoms with van der Waals surface area (Å²) in [6, 6.07) is 7.01. The van der Waals surface area contributed by atoms with E-state index < -0.39 is 0 Å². The highest BCUT2D eigenvalue weighted by Gasteiger charge is 2.27. The van der Waals surface area contributed by atoms with Gasteiger partial charge in [0, 0.05) is 37.3 Å². The van der Waals surface area contributed by atoms with Gasteiger partial charge < -0.3 is 10.5 Å². The van der Waals surface area contributed by atoms with Crippen molar-refractivity contribution in [2.24, 2.45) is 5.73 Å². The van der Waals surface area contributed by atoms with Crippen molar-refractivity contribution in [2.45, 2.75) is 38.5 Å². The molecular formula is C15H23BrN2O. The first-order valence-corrected chi connectivity index (χ1v) is 7.65. The molecule has 1 saturated heterocycles. The number of hydrogen-bond acceptors (Lipinski definition) is 3. The predicted octanol–water partition coefficient (Wildman–Crippen LogP) is 2.70. The maximum absolute atomic E-state index is 5.91. The normalized spacial score (nSPS) is 24.6. The van der Waals surface area contributed by atoms with Crippen molar-refractivity contribution < 1.29 is 4.74 Å². The van der Waals surface area contributed by atoms with Crippen LogP contribution in [-0.2, 0) is 11.3 Å². The van der Waals surface area contributed by atoms with Crippen LogP contribution in [0.3, 0.4) is 0 Å². The molecule has 2 N–H and O–H groups in total. The fourth-order valence-corrected chi connectivity index (χ4v) is 3.13. The maximum Gasteiger partial charge on any atom is 0.0599 e. The molecule has 2 rings (SSSR count). The van der Waals surface area contributed by atoms with Gasteiger partial charge >= 0.3 is 0 Å². The summed E-state index contributed by atoms with van der Waals surface area (Å²) in [4.78, 5) is 2.48. The average Bonchev–Trinajstić information content (AvgIpc) is 2.43. The molecule has 1 aromatic carbocycles. The van der Waals surface area contributed by atoms with Crippen LogP contribution >= 0.6 is 15.9 Å². The van der Waals surface area contributed by atoms with Gasteiger partial charge in [-0.15, -0.1) is 0 Å². The van der Waals surface area contributed by atoms with Crippen LogP contribution < -0.4 is 5.73 Å². The Morgan fingerprint density at radius 1 is 1.47 bits per heavy atom. The second-order valence-corrected chi connectivity index (χ2v) is 6.18. The van der Waals surface area contributed by atoms with Gasteiger partial charge in [-0.05, 0) is 37.0 Å². The molecule has 0 saturated carbocycles. The summed E-state index contributed by atoms with van der Waals surface area (Å²) in [5.74, 6) is 0. The minimum absolute atomic E-state index is 0.370. The molecule has 3 nitrogen and oxygen atoms in total. The number of likely N-dealkylation sites (tertiary alicyclic amines) is 1. The van der Waals surface area contributed by atoms with Crippen LogP contribution in [0, 0.1) is 6.92 Å². The largest absolute Gasteiger partial charge is 0.381 e. The van der Waals surface area contributed by atoms with Crippen molar-refractivity contribution in [1.82, 2.24) is 4.90 Å². The number of rotatable bonds is 4. The molecule has 1 aliphatic rings. The Kier molecular flexibility index (Phi) is 5.39. The lowest BCUT2D eigenvalue weighted by Gasteiger charge is -2.38. The maximum atomic E-state index is 5.91. The molecule has 1 fully saturated rings. The standard InChI is InChI=1S/C15H23BrN2O/c1-11-3-4-12(7-15(11)16)10-18-6-5-14(19-2)8-13(18)9-17/h3-4,7,13-14H,5-6,8-10,17H2,1-2H3. The zero-order valence-corrected chi connectivity index (χ0v) is 13.3. The molecule has 0 aromatic heterocycles. The van der Waals surface area contributed by atoms with E-state index in [2.05, 4.69) is 46.0 Å². The smallest absolute Gasteiger partial charge is 0.0599 e. The number of ether oxygens (including phenoxy) is 1. The van der Waals surface area contributed by atoms with E-state index in [1.807, 2.05) is 0 Å². The van der Waals surface area contributed by atoms with Gasteiger partial charge in [0.1, 0.15) is 0 Å². The summed E-state index contributed by atoms with van der Waals surface area (Å²) in [5.41, 5.74) is 8.53. The van der Waals surface area contributed by atoms with Gasteiger partial charge in [0.2, 0.25) is 0 Å². The molecule has 0 bridgehead atoms. The van der Waals surface area contributed by atoms with Gasteiger partial charge in [-0.2, -0.15) is 0 Å². The molecule has 1 aliphatic heterocycles. The molecule has 0 spiro atoms. The predicted molar refractivity (Wildman–Crippen MR) is 82.2 cm³/mol. The fraction of sp³-hybridized carbons (Fsp3) is 0.600. The van der Waals surface area contributed by atoms with Crippen LogP contribution in [0.5, 0.6) is 0 Å². The van der Waals surface area contributed by atoms with Crippen molar-refractivity contribution in [2.75, 3.05) is 20.2 Å². The summed E-state index contributed by atoms with van der Waals surface area (Å²) in [5, 5.41) is 0. The second kappa shape index (κ2) is 6.84. The molecule has 2 atom stereocenters. The minimum Gasteiger partial charge on any atom is -0.381 e. The number of aryl methyl sites for hydroxylation is 1. The Balaban J connectivity index is 2.03. The summed E-state index contributed by atoms with van der Waals surface area (Å²) >= 11 is 3.60. The summed E-state index contributed by atoms with van der Waals surface area (Å²) in [6.07, 6.45) is 2.51. The van der Waals surface area contributed by atoms with Crippen molar-refractivity contribution in [3.8, 4) is 0 Å². The van der Waals surface area contributed by atoms with E-state index in [1.165, 1.54) is 15.6 Å². The third-order valence-electron chi connectivity index (χ3n) is 4.02. The molecule has 19 heavy (non-hydrogen) atoms. The fourth-order valence-electron chi connectivity index (χ4n) is 2.70. The summed E-state index contributed by atoms with van der Waals surface area (Å²) in [7, 11) is 1.80. The van der Waals surface area contributed by atoms with E-state index in [0.717, 1.165) is 25.9 Å². The zero-order chi connectivity index (χ0) is 13.8. The van der Waals surface area contributed by atoms with Crippen molar-refractivity contribution in [1.29, 1.82) is 0 Å². The van der Waals surface area contributed by atoms with E-state index in [9.17, 15) is 0 Å². The van der Waals surface area contributed by atoms with Crippen molar-refractivity contribution >= 4 is 15.9 Å².